The van der Waals surface area contributed by atoms with Crippen molar-refractivity contribution in [1.29, 1.82) is 0 Å². The van der Waals surface area contributed by atoms with Crippen LogP contribution in [0, 0.1) is 6.92 Å². The number of hydrogen-bond acceptors (Lipinski definition) is 7. The van der Waals surface area contributed by atoms with Crippen LogP contribution in [0.4, 0.5) is 11.4 Å². The highest BCUT2D eigenvalue weighted by Crippen LogP contribution is 2.37. The highest BCUT2D eigenvalue weighted by Gasteiger charge is 2.26. The van der Waals surface area contributed by atoms with Gasteiger partial charge in [0.2, 0.25) is 6.79 Å². The van der Waals surface area contributed by atoms with E-state index in [0.29, 0.717) is 28.5 Å². The van der Waals surface area contributed by atoms with E-state index >= 15 is 0 Å². The average Bonchev–Trinajstić information content (AvgIpc) is 3.30. The molecule has 4 rings (SSSR count). The van der Waals surface area contributed by atoms with Crippen LogP contribution in [0.2, 0.25) is 0 Å². The molecule has 182 valence electrons. The van der Waals surface area contributed by atoms with Crippen molar-refractivity contribution < 1.29 is 32.2 Å². The Hall–Kier alpha value is -4.05. The number of benzene rings is 3. The summed E-state index contributed by atoms with van der Waals surface area (Å²) in [5.41, 5.74) is 1.55. The monoisotopic (exact) mass is 496 g/mol. The number of hydrogen-bond donors (Lipinski definition) is 1. The summed E-state index contributed by atoms with van der Waals surface area (Å²) in [5, 5.41) is 2.71. The van der Waals surface area contributed by atoms with E-state index in [1.54, 1.807) is 37.3 Å². The Kier molecular flexibility index (Phi) is 6.40. The summed E-state index contributed by atoms with van der Waals surface area (Å²) in [4.78, 5) is 25.3. The third-order valence-electron chi connectivity index (χ3n) is 5.68. The number of aryl methyl sites for hydroxylation is 1. The minimum atomic E-state index is -4.02. The number of nitrogens with one attached hydrogen (secondary N) is 1. The van der Waals surface area contributed by atoms with E-state index in [4.69, 9.17) is 14.2 Å². The molecule has 3 aromatic carbocycles. The van der Waals surface area contributed by atoms with Gasteiger partial charge in [0.1, 0.15) is 5.75 Å². The average molecular weight is 497 g/mol. The summed E-state index contributed by atoms with van der Waals surface area (Å²) in [7, 11) is -1.14. The van der Waals surface area contributed by atoms with Gasteiger partial charge in [-0.25, -0.2) is 8.42 Å². The van der Waals surface area contributed by atoms with Gasteiger partial charge in [-0.05, 0) is 49.7 Å². The van der Waals surface area contributed by atoms with Crippen molar-refractivity contribution in [3.8, 4) is 17.2 Å². The highest BCUT2D eigenvalue weighted by atomic mass is 32.2. The van der Waals surface area contributed by atoms with Crippen molar-refractivity contribution in [2.45, 2.75) is 18.7 Å². The van der Waals surface area contributed by atoms with Crippen molar-refractivity contribution in [1.82, 2.24) is 0 Å². The van der Waals surface area contributed by atoms with Gasteiger partial charge in [-0.1, -0.05) is 18.2 Å². The summed E-state index contributed by atoms with van der Waals surface area (Å²) in [6.45, 7) is 3.09. The highest BCUT2D eigenvalue weighted by molar-refractivity contribution is 7.92. The molecule has 1 aliphatic heterocycles. The number of amides is 1. The van der Waals surface area contributed by atoms with E-state index in [1.807, 2.05) is 0 Å². The number of para-hydroxylation sites is 2. The number of anilines is 2. The number of rotatable bonds is 7. The van der Waals surface area contributed by atoms with Gasteiger partial charge in [0.15, 0.2) is 17.3 Å². The summed E-state index contributed by atoms with van der Waals surface area (Å²) in [5.74, 6) is 0.364. The Bertz CT molecular complexity index is 1430. The number of methoxy groups -OCH3 is 1. The van der Waals surface area contributed by atoms with E-state index in [9.17, 15) is 18.0 Å². The molecule has 1 amide bonds. The predicted molar refractivity (Wildman–Crippen MR) is 130 cm³/mol. The van der Waals surface area contributed by atoms with Crippen LogP contribution >= 0.6 is 0 Å². The number of nitrogens with zero attached hydrogens (tertiary/aromatic N) is 1. The lowest BCUT2D eigenvalue weighted by atomic mass is 10.1. The molecule has 0 bridgehead atoms. The molecule has 0 unspecified atom stereocenters. The SMILES string of the molecule is COc1ccccc1N(C)S(=O)(=O)c1ccc(C)c(C(=O)Nc2cc3c(cc2C(C)=O)OCO3)c1. The van der Waals surface area contributed by atoms with Crippen molar-refractivity contribution >= 4 is 33.1 Å². The number of carbonyl (C=O) groups is 2. The number of fused-ring (bicyclic) bond motifs is 1. The van der Waals surface area contributed by atoms with Gasteiger partial charge in [0.05, 0.1) is 23.4 Å². The number of sulfonamides is 1. The second-order valence-electron chi connectivity index (χ2n) is 7.88. The molecule has 0 fully saturated rings. The van der Waals surface area contributed by atoms with E-state index in [1.165, 1.54) is 45.3 Å². The van der Waals surface area contributed by atoms with Gasteiger partial charge in [0.25, 0.3) is 15.9 Å². The van der Waals surface area contributed by atoms with Crippen LogP contribution in [0.1, 0.15) is 33.2 Å². The second-order valence-corrected chi connectivity index (χ2v) is 9.85. The van der Waals surface area contributed by atoms with Gasteiger partial charge < -0.3 is 19.5 Å². The first kappa shape index (κ1) is 24.1. The summed E-state index contributed by atoms with van der Waals surface area (Å²) >= 11 is 0. The third kappa shape index (κ3) is 4.52. The molecule has 3 aromatic rings. The normalized spacial score (nSPS) is 12.2. The van der Waals surface area contributed by atoms with Gasteiger partial charge in [0, 0.05) is 24.2 Å². The minimum Gasteiger partial charge on any atom is -0.495 e. The lowest BCUT2D eigenvalue weighted by Crippen LogP contribution is -2.27. The smallest absolute Gasteiger partial charge is 0.264 e. The van der Waals surface area contributed by atoms with Crippen LogP contribution in [-0.4, -0.2) is 41.1 Å². The first-order valence-electron chi connectivity index (χ1n) is 10.6. The largest absolute Gasteiger partial charge is 0.495 e. The van der Waals surface area contributed by atoms with Gasteiger partial charge >= 0.3 is 0 Å². The quantitative estimate of drug-likeness (QED) is 0.492. The lowest BCUT2D eigenvalue weighted by Gasteiger charge is -2.22. The molecule has 0 atom stereocenters. The Morgan fingerprint density at radius 1 is 1.00 bits per heavy atom. The summed E-state index contributed by atoms with van der Waals surface area (Å²) in [6, 6.07) is 14.1. The number of ether oxygens (including phenoxy) is 3. The molecule has 0 saturated heterocycles. The molecule has 1 N–H and O–H groups in total. The zero-order valence-corrected chi connectivity index (χ0v) is 20.4. The fraction of sp³-hybridized carbons (Fsp3) is 0.200. The fourth-order valence-corrected chi connectivity index (χ4v) is 4.94. The fourth-order valence-electron chi connectivity index (χ4n) is 3.71. The van der Waals surface area contributed by atoms with E-state index < -0.39 is 15.9 Å². The molecule has 0 spiro atoms. The van der Waals surface area contributed by atoms with E-state index in [-0.39, 0.29) is 34.3 Å². The zero-order valence-electron chi connectivity index (χ0n) is 19.6. The first-order valence-corrected chi connectivity index (χ1v) is 12.1. The molecular formula is C25H24N2O7S. The van der Waals surface area contributed by atoms with E-state index in [0.717, 1.165) is 4.31 Å². The van der Waals surface area contributed by atoms with Gasteiger partial charge in [-0.2, -0.15) is 0 Å². The predicted octanol–water partition coefficient (Wildman–Crippen LogP) is 4.01. The molecular weight excluding hydrogens is 472 g/mol. The maximum atomic E-state index is 13.4. The molecule has 10 heteroatoms. The molecule has 0 aliphatic carbocycles. The van der Waals surface area contributed by atoms with Crippen LogP contribution < -0.4 is 23.8 Å². The van der Waals surface area contributed by atoms with Crippen molar-refractivity contribution in [3.63, 3.8) is 0 Å². The minimum absolute atomic E-state index is 0.0167. The Morgan fingerprint density at radius 3 is 2.37 bits per heavy atom. The standard InChI is InChI=1S/C25H24N2O7S/c1-15-9-10-17(35(30,31)27(3)21-7-5-6-8-22(21)32-4)11-18(15)25(29)26-20-13-24-23(33-14-34-24)12-19(20)16(2)28/h5-13H,14H2,1-4H3,(H,26,29). The Morgan fingerprint density at radius 2 is 1.69 bits per heavy atom. The third-order valence-corrected chi connectivity index (χ3v) is 7.44. The van der Waals surface area contributed by atoms with Crippen molar-refractivity contribution in [2.75, 3.05) is 30.6 Å². The molecule has 9 nitrogen and oxygen atoms in total. The maximum absolute atomic E-state index is 13.4. The molecule has 1 heterocycles. The Labute approximate surface area is 203 Å². The molecule has 1 aliphatic rings. The molecule has 0 saturated carbocycles. The topological polar surface area (TPSA) is 111 Å². The van der Waals surface area contributed by atoms with Crippen LogP contribution in [0.25, 0.3) is 0 Å². The first-order chi connectivity index (χ1) is 16.6. The number of ketones is 1. The van der Waals surface area contributed by atoms with Crippen molar-refractivity contribution in [2.24, 2.45) is 0 Å². The molecule has 0 aromatic heterocycles. The van der Waals surface area contributed by atoms with Gasteiger partial charge in [-0.15, -0.1) is 0 Å². The maximum Gasteiger partial charge on any atom is 0.264 e. The van der Waals surface area contributed by atoms with Gasteiger partial charge in [-0.3, -0.25) is 13.9 Å². The molecule has 0 radical (unpaired) electrons. The van der Waals surface area contributed by atoms with Crippen LogP contribution in [0.15, 0.2) is 59.5 Å². The van der Waals surface area contributed by atoms with E-state index in [2.05, 4.69) is 5.32 Å². The number of Topliss-reactive ketones (excluding diaryl/α,β-unsaturated/α-hetero) is 1. The second kappa shape index (κ2) is 9.30. The van der Waals surface area contributed by atoms with Crippen LogP contribution in [-0.2, 0) is 10.0 Å². The lowest BCUT2D eigenvalue weighted by molar-refractivity contribution is 0.101. The number of carbonyl (C=O) groups excluding carboxylic acids is 2. The Balaban J connectivity index is 1.69. The zero-order chi connectivity index (χ0) is 25.3. The summed E-state index contributed by atoms with van der Waals surface area (Å²) < 4.78 is 43.8. The molecule has 35 heavy (non-hydrogen) atoms. The summed E-state index contributed by atoms with van der Waals surface area (Å²) in [6.07, 6.45) is 0. The van der Waals surface area contributed by atoms with Crippen LogP contribution in [0.3, 0.4) is 0 Å². The van der Waals surface area contributed by atoms with Crippen LogP contribution in [0.5, 0.6) is 17.2 Å². The van der Waals surface area contributed by atoms with Crippen molar-refractivity contribution in [3.05, 3.63) is 71.3 Å².